The van der Waals surface area contributed by atoms with Crippen molar-refractivity contribution in [3.63, 3.8) is 0 Å². The van der Waals surface area contributed by atoms with Crippen molar-refractivity contribution in [3.8, 4) is 0 Å². The molecule has 2 rings (SSSR count). The van der Waals surface area contributed by atoms with Gasteiger partial charge >= 0.3 is 0 Å². The first kappa shape index (κ1) is 14.7. The van der Waals surface area contributed by atoms with Crippen molar-refractivity contribution in [2.24, 2.45) is 5.84 Å². The highest BCUT2D eigenvalue weighted by Crippen LogP contribution is 2.21. The molecular weight excluding hydrogens is 255 g/mol. The van der Waals surface area contributed by atoms with E-state index in [2.05, 4.69) is 24.4 Å². The minimum Gasteiger partial charge on any atom is -0.271 e. The van der Waals surface area contributed by atoms with Gasteiger partial charge < -0.3 is 0 Å². The number of hydrazine groups is 1. The van der Waals surface area contributed by atoms with Gasteiger partial charge in [-0.25, -0.2) is 4.39 Å². The van der Waals surface area contributed by atoms with Gasteiger partial charge in [-0.05, 0) is 50.1 Å². The van der Waals surface area contributed by atoms with E-state index in [4.69, 9.17) is 5.84 Å². The summed E-state index contributed by atoms with van der Waals surface area (Å²) < 4.78 is 15.1. The first-order chi connectivity index (χ1) is 9.51. The predicted octanol–water partition coefficient (Wildman–Crippen LogP) is 2.66. The fraction of sp³-hybridized carbons (Fsp3) is 0.400. The molecule has 0 saturated heterocycles. The van der Waals surface area contributed by atoms with Crippen LogP contribution < -0.4 is 11.3 Å². The van der Waals surface area contributed by atoms with Crippen LogP contribution in [-0.4, -0.2) is 9.78 Å². The van der Waals surface area contributed by atoms with Crippen LogP contribution in [0.2, 0.25) is 0 Å². The van der Waals surface area contributed by atoms with Crippen LogP contribution in [0.4, 0.5) is 4.39 Å². The molecule has 108 valence electrons. The number of nitrogens with two attached hydrogens (primary N) is 1. The van der Waals surface area contributed by atoms with E-state index in [0.717, 1.165) is 16.8 Å². The third kappa shape index (κ3) is 3.23. The highest BCUT2D eigenvalue weighted by atomic mass is 19.1. The number of nitrogens with one attached hydrogen (secondary N) is 1. The summed E-state index contributed by atoms with van der Waals surface area (Å²) in [5.74, 6) is 5.42. The van der Waals surface area contributed by atoms with Crippen LogP contribution >= 0.6 is 0 Å². The normalized spacial score (nSPS) is 12.9. The van der Waals surface area contributed by atoms with Gasteiger partial charge in [-0.15, -0.1) is 0 Å². The van der Waals surface area contributed by atoms with Crippen LogP contribution in [0.15, 0.2) is 30.5 Å². The summed E-state index contributed by atoms with van der Waals surface area (Å²) in [6, 6.07) is 7.00. The van der Waals surface area contributed by atoms with Gasteiger partial charge in [0.15, 0.2) is 0 Å². The average molecular weight is 276 g/mol. The molecule has 0 radical (unpaired) electrons. The van der Waals surface area contributed by atoms with E-state index in [0.29, 0.717) is 12.5 Å². The first-order valence-corrected chi connectivity index (χ1v) is 6.77. The molecule has 1 heterocycles. The Kier molecular flexibility index (Phi) is 4.52. The molecule has 1 unspecified atom stereocenters. The van der Waals surface area contributed by atoms with Crippen LogP contribution in [0.3, 0.4) is 0 Å². The van der Waals surface area contributed by atoms with E-state index in [1.807, 2.05) is 23.9 Å². The molecule has 3 N–H and O–H groups in total. The van der Waals surface area contributed by atoms with Gasteiger partial charge in [-0.2, -0.15) is 5.10 Å². The molecule has 1 atom stereocenters. The number of aromatic nitrogens is 2. The summed E-state index contributed by atoms with van der Waals surface area (Å²) >= 11 is 0. The highest BCUT2D eigenvalue weighted by Gasteiger charge is 2.15. The van der Waals surface area contributed by atoms with Crippen LogP contribution in [0, 0.1) is 12.7 Å². The first-order valence-electron chi connectivity index (χ1n) is 6.77. The maximum Gasteiger partial charge on any atom is 0.123 e. The van der Waals surface area contributed by atoms with Crippen LogP contribution in [0.25, 0.3) is 0 Å². The Balaban J connectivity index is 2.19. The monoisotopic (exact) mass is 276 g/mol. The maximum absolute atomic E-state index is 13.2. The van der Waals surface area contributed by atoms with Gasteiger partial charge in [-0.3, -0.25) is 16.0 Å². The number of halogens is 1. The van der Waals surface area contributed by atoms with Crippen molar-refractivity contribution in [1.82, 2.24) is 15.2 Å². The maximum atomic E-state index is 13.2. The number of hydrogen-bond acceptors (Lipinski definition) is 3. The Labute approximate surface area is 118 Å². The van der Waals surface area contributed by atoms with Gasteiger partial charge in [0, 0.05) is 18.7 Å². The number of aryl methyl sites for hydroxylation is 1. The quantitative estimate of drug-likeness (QED) is 0.652. The fourth-order valence-electron chi connectivity index (χ4n) is 2.27. The second-order valence-corrected chi connectivity index (χ2v) is 5.31. The zero-order valence-corrected chi connectivity index (χ0v) is 12.1. The molecule has 5 heteroatoms. The van der Waals surface area contributed by atoms with E-state index in [1.54, 1.807) is 6.07 Å². The molecule has 0 aliphatic carbocycles. The number of hydrogen-bond donors (Lipinski definition) is 2. The lowest BCUT2D eigenvalue weighted by Gasteiger charge is -2.17. The second-order valence-electron chi connectivity index (χ2n) is 5.31. The largest absolute Gasteiger partial charge is 0.271 e. The topological polar surface area (TPSA) is 55.9 Å². The molecule has 0 amide bonds. The standard InChI is InChI=1S/C15H21FN4/c1-10(2)20-7-6-13(19-20)9-15(18-17)14-5-4-12(16)8-11(14)3/h4-8,10,15,18H,9,17H2,1-3H3. The molecular formula is C15H21FN4. The molecule has 4 nitrogen and oxygen atoms in total. The molecule has 0 fully saturated rings. The Bertz CT molecular complexity index is 577. The lowest BCUT2D eigenvalue weighted by molar-refractivity contribution is 0.505. The Morgan fingerprint density at radius 1 is 1.35 bits per heavy atom. The lowest BCUT2D eigenvalue weighted by Crippen LogP contribution is -2.30. The number of nitrogens with zero attached hydrogens (tertiary/aromatic N) is 2. The van der Waals surface area contributed by atoms with E-state index < -0.39 is 0 Å². The SMILES string of the molecule is Cc1cc(F)ccc1C(Cc1ccn(C(C)C)n1)NN. The minimum atomic E-state index is -0.230. The Morgan fingerprint density at radius 3 is 2.65 bits per heavy atom. The molecule has 2 aromatic rings. The summed E-state index contributed by atoms with van der Waals surface area (Å²) in [7, 11) is 0. The van der Waals surface area contributed by atoms with E-state index >= 15 is 0 Å². The smallest absolute Gasteiger partial charge is 0.123 e. The van der Waals surface area contributed by atoms with Gasteiger partial charge in [0.1, 0.15) is 5.82 Å². The molecule has 0 aliphatic rings. The van der Waals surface area contributed by atoms with Crippen molar-refractivity contribution in [2.45, 2.75) is 39.3 Å². The second kappa shape index (κ2) is 6.15. The summed E-state index contributed by atoms with van der Waals surface area (Å²) in [4.78, 5) is 0. The van der Waals surface area contributed by atoms with Crippen molar-refractivity contribution in [2.75, 3.05) is 0 Å². The molecule has 0 spiro atoms. The van der Waals surface area contributed by atoms with Gasteiger partial charge in [0.25, 0.3) is 0 Å². The van der Waals surface area contributed by atoms with Crippen molar-refractivity contribution in [1.29, 1.82) is 0 Å². The van der Waals surface area contributed by atoms with E-state index in [9.17, 15) is 4.39 Å². The minimum absolute atomic E-state index is 0.0777. The third-order valence-corrected chi connectivity index (χ3v) is 3.41. The molecule has 20 heavy (non-hydrogen) atoms. The van der Waals surface area contributed by atoms with E-state index in [1.165, 1.54) is 12.1 Å². The highest BCUT2D eigenvalue weighted by molar-refractivity contribution is 5.30. The number of rotatable bonds is 5. The molecule has 0 saturated carbocycles. The van der Waals surface area contributed by atoms with Gasteiger partial charge in [-0.1, -0.05) is 6.07 Å². The molecule has 0 aliphatic heterocycles. The van der Waals surface area contributed by atoms with Crippen molar-refractivity contribution in [3.05, 3.63) is 53.1 Å². The molecule has 1 aromatic heterocycles. The molecule has 0 bridgehead atoms. The molecule has 1 aromatic carbocycles. The zero-order valence-electron chi connectivity index (χ0n) is 12.1. The summed E-state index contributed by atoms with van der Waals surface area (Å²) in [5.41, 5.74) is 5.64. The predicted molar refractivity (Wildman–Crippen MR) is 77.5 cm³/mol. The van der Waals surface area contributed by atoms with Crippen LogP contribution in [0.5, 0.6) is 0 Å². The van der Waals surface area contributed by atoms with Gasteiger partial charge in [0.05, 0.1) is 11.7 Å². The van der Waals surface area contributed by atoms with E-state index in [-0.39, 0.29) is 11.9 Å². The van der Waals surface area contributed by atoms with Crippen molar-refractivity contribution < 1.29 is 4.39 Å². The zero-order chi connectivity index (χ0) is 14.7. The summed E-state index contributed by atoms with van der Waals surface area (Å²) in [6.45, 7) is 6.05. The Morgan fingerprint density at radius 2 is 2.10 bits per heavy atom. The summed E-state index contributed by atoms with van der Waals surface area (Å²) in [6.07, 6.45) is 2.63. The Hall–Kier alpha value is -1.72. The number of benzene rings is 1. The van der Waals surface area contributed by atoms with Gasteiger partial charge in [0.2, 0.25) is 0 Å². The third-order valence-electron chi connectivity index (χ3n) is 3.41. The van der Waals surface area contributed by atoms with Crippen LogP contribution in [0.1, 0.15) is 42.8 Å². The summed E-state index contributed by atoms with van der Waals surface area (Å²) in [5, 5.41) is 4.52. The van der Waals surface area contributed by atoms with Crippen LogP contribution in [-0.2, 0) is 6.42 Å². The van der Waals surface area contributed by atoms with Crippen molar-refractivity contribution >= 4 is 0 Å². The lowest BCUT2D eigenvalue weighted by atomic mass is 9.98. The fourth-order valence-corrected chi connectivity index (χ4v) is 2.27. The average Bonchev–Trinajstić information content (AvgIpc) is 2.85.